The number of amides is 1. The fourth-order valence-corrected chi connectivity index (χ4v) is 1.98. The van der Waals surface area contributed by atoms with Crippen molar-refractivity contribution in [2.75, 3.05) is 26.4 Å². The minimum absolute atomic E-state index is 0.265. The van der Waals surface area contributed by atoms with Crippen molar-refractivity contribution in [3.05, 3.63) is 71.8 Å². The zero-order valence-corrected chi connectivity index (χ0v) is 13.6. The Hall–Kier alpha value is -2.37. The fourth-order valence-electron chi connectivity index (χ4n) is 1.98. The van der Waals surface area contributed by atoms with E-state index in [2.05, 4.69) is 5.32 Å². The Morgan fingerprint density at radius 1 is 0.750 bits per heavy atom. The van der Waals surface area contributed by atoms with Gasteiger partial charge in [-0.15, -0.1) is 0 Å². The van der Waals surface area contributed by atoms with Crippen LogP contribution in [0.2, 0.25) is 0 Å². The van der Waals surface area contributed by atoms with Gasteiger partial charge in [0.2, 0.25) is 0 Å². The van der Waals surface area contributed by atoms with Crippen LogP contribution in [0, 0.1) is 0 Å². The smallest absolute Gasteiger partial charge is 0.407 e. The molecule has 5 heteroatoms. The van der Waals surface area contributed by atoms with Crippen molar-refractivity contribution < 1.29 is 19.0 Å². The van der Waals surface area contributed by atoms with Crippen molar-refractivity contribution in [1.82, 2.24) is 5.32 Å². The normalized spacial score (nSPS) is 10.3. The predicted molar refractivity (Wildman–Crippen MR) is 91.5 cm³/mol. The molecule has 128 valence electrons. The first kappa shape index (κ1) is 18.0. The van der Waals surface area contributed by atoms with Crippen LogP contribution in [0.15, 0.2) is 60.7 Å². The second kappa shape index (κ2) is 11.2. The van der Waals surface area contributed by atoms with Crippen molar-refractivity contribution in [2.45, 2.75) is 13.2 Å². The fraction of sp³-hybridized carbons (Fsp3) is 0.316. The molecule has 0 atom stereocenters. The maximum atomic E-state index is 11.5. The molecule has 2 rings (SSSR count). The average molecular weight is 329 g/mol. The van der Waals surface area contributed by atoms with Crippen molar-refractivity contribution in [3.8, 4) is 0 Å². The van der Waals surface area contributed by atoms with Crippen LogP contribution in [0.5, 0.6) is 0 Å². The van der Waals surface area contributed by atoms with Crippen LogP contribution < -0.4 is 5.32 Å². The lowest BCUT2D eigenvalue weighted by Gasteiger charge is -2.08. The van der Waals surface area contributed by atoms with E-state index in [0.717, 1.165) is 11.1 Å². The molecule has 24 heavy (non-hydrogen) atoms. The summed E-state index contributed by atoms with van der Waals surface area (Å²) in [6.07, 6.45) is -0.442. The molecule has 0 unspecified atom stereocenters. The molecule has 0 aromatic heterocycles. The number of ether oxygens (including phenoxy) is 3. The number of carbonyl (C=O) groups is 1. The van der Waals surface area contributed by atoms with Gasteiger partial charge in [-0.05, 0) is 11.1 Å². The number of rotatable bonds is 10. The van der Waals surface area contributed by atoms with Crippen molar-refractivity contribution in [3.63, 3.8) is 0 Å². The Balaban J connectivity index is 1.41. The van der Waals surface area contributed by atoms with Gasteiger partial charge in [0.15, 0.2) is 0 Å². The van der Waals surface area contributed by atoms with Gasteiger partial charge in [0.25, 0.3) is 0 Å². The van der Waals surface area contributed by atoms with Crippen LogP contribution >= 0.6 is 0 Å². The molecule has 2 aromatic rings. The van der Waals surface area contributed by atoms with Gasteiger partial charge in [-0.1, -0.05) is 60.7 Å². The highest BCUT2D eigenvalue weighted by molar-refractivity contribution is 5.67. The lowest BCUT2D eigenvalue weighted by molar-refractivity contribution is 0.0411. The highest BCUT2D eigenvalue weighted by atomic mass is 16.5. The van der Waals surface area contributed by atoms with E-state index in [1.807, 2.05) is 60.7 Å². The van der Waals surface area contributed by atoms with E-state index in [-0.39, 0.29) is 6.61 Å². The molecule has 0 saturated heterocycles. The van der Waals surface area contributed by atoms with E-state index < -0.39 is 6.09 Å². The summed E-state index contributed by atoms with van der Waals surface area (Å²) in [7, 11) is 0. The molecular weight excluding hydrogens is 306 g/mol. The van der Waals surface area contributed by atoms with Gasteiger partial charge >= 0.3 is 6.09 Å². The molecule has 0 radical (unpaired) electrons. The Morgan fingerprint density at radius 2 is 1.33 bits per heavy atom. The first-order valence-electron chi connectivity index (χ1n) is 7.98. The lowest BCUT2D eigenvalue weighted by Crippen LogP contribution is -2.28. The van der Waals surface area contributed by atoms with E-state index in [0.29, 0.717) is 33.0 Å². The summed E-state index contributed by atoms with van der Waals surface area (Å²) in [5, 5.41) is 2.64. The van der Waals surface area contributed by atoms with Crippen LogP contribution in [-0.2, 0) is 27.4 Å². The van der Waals surface area contributed by atoms with E-state index >= 15 is 0 Å². The standard InChI is InChI=1S/C19H23NO4/c21-19(24-16-18-9-5-2-6-10-18)20-11-12-22-13-14-23-15-17-7-3-1-4-8-17/h1-10H,11-16H2,(H,20,21). The van der Waals surface area contributed by atoms with Crippen molar-refractivity contribution in [1.29, 1.82) is 0 Å². The van der Waals surface area contributed by atoms with E-state index in [4.69, 9.17) is 14.2 Å². The molecule has 0 aliphatic heterocycles. The second-order valence-corrected chi connectivity index (χ2v) is 5.14. The summed E-state index contributed by atoms with van der Waals surface area (Å²) < 4.78 is 16.0. The first-order valence-corrected chi connectivity index (χ1v) is 7.98. The maximum Gasteiger partial charge on any atom is 0.407 e. The van der Waals surface area contributed by atoms with Gasteiger partial charge in [0.05, 0.1) is 26.4 Å². The number of carbonyl (C=O) groups excluding carboxylic acids is 1. The number of alkyl carbamates (subject to hydrolysis) is 1. The Bertz CT molecular complexity index is 574. The highest BCUT2D eigenvalue weighted by Crippen LogP contribution is 2.01. The van der Waals surface area contributed by atoms with Crippen LogP contribution in [-0.4, -0.2) is 32.5 Å². The third-order valence-corrected chi connectivity index (χ3v) is 3.21. The number of benzene rings is 2. The van der Waals surface area contributed by atoms with Crippen LogP contribution in [0.25, 0.3) is 0 Å². The Labute approximate surface area is 142 Å². The molecule has 0 saturated carbocycles. The van der Waals surface area contributed by atoms with Gasteiger partial charge < -0.3 is 19.5 Å². The van der Waals surface area contributed by atoms with E-state index in [1.165, 1.54) is 0 Å². The maximum absolute atomic E-state index is 11.5. The van der Waals surface area contributed by atoms with Crippen LogP contribution in [0.4, 0.5) is 4.79 Å². The molecule has 1 N–H and O–H groups in total. The monoisotopic (exact) mass is 329 g/mol. The predicted octanol–water partition coefficient (Wildman–Crippen LogP) is 3.15. The molecular formula is C19H23NO4. The minimum atomic E-state index is -0.442. The summed E-state index contributed by atoms with van der Waals surface area (Å²) in [6.45, 7) is 2.69. The summed E-state index contributed by atoms with van der Waals surface area (Å²) >= 11 is 0. The Morgan fingerprint density at radius 3 is 2.00 bits per heavy atom. The van der Waals surface area contributed by atoms with Crippen molar-refractivity contribution in [2.24, 2.45) is 0 Å². The highest BCUT2D eigenvalue weighted by Gasteiger charge is 2.01. The summed E-state index contributed by atoms with van der Waals surface area (Å²) in [5.74, 6) is 0. The zero-order chi connectivity index (χ0) is 16.9. The molecule has 5 nitrogen and oxygen atoms in total. The minimum Gasteiger partial charge on any atom is -0.445 e. The number of nitrogens with one attached hydrogen (secondary N) is 1. The van der Waals surface area contributed by atoms with Crippen LogP contribution in [0.1, 0.15) is 11.1 Å². The van der Waals surface area contributed by atoms with Gasteiger partial charge in [0.1, 0.15) is 6.61 Å². The molecule has 0 spiro atoms. The molecule has 0 fully saturated rings. The molecule has 2 aromatic carbocycles. The van der Waals surface area contributed by atoms with Crippen LogP contribution in [0.3, 0.4) is 0 Å². The lowest BCUT2D eigenvalue weighted by atomic mass is 10.2. The second-order valence-electron chi connectivity index (χ2n) is 5.14. The topological polar surface area (TPSA) is 56.8 Å². The molecule has 0 aliphatic carbocycles. The number of hydrogen-bond donors (Lipinski definition) is 1. The third-order valence-electron chi connectivity index (χ3n) is 3.21. The van der Waals surface area contributed by atoms with Gasteiger partial charge in [-0.25, -0.2) is 4.79 Å². The van der Waals surface area contributed by atoms with E-state index in [1.54, 1.807) is 0 Å². The Kier molecular flexibility index (Phi) is 8.40. The quantitative estimate of drug-likeness (QED) is 0.680. The molecule has 0 bridgehead atoms. The van der Waals surface area contributed by atoms with Crippen molar-refractivity contribution >= 4 is 6.09 Å². The van der Waals surface area contributed by atoms with E-state index in [9.17, 15) is 4.79 Å². The summed E-state index contributed by atoms with van der Waals surface area (Å²) in [6, 6.07) is 19.5. The zero-order valence-electron chi connectivity index (χ0n) is 13.6. The summed E-state index contributed by atoms with van der Waals surface area (Å²) in [4.78, 5) is 11.5. The molecule has 0 aliphatic rings. The summed E-state index contributed by atoms with van der Waals surface area (Å²) in [5.41, 5.74) is 2.10. The average Bonchev–Trinajstić information content (AvgIpc) is 2.64. The molecule has 0 heterocycles. The number of hydrogen-bond acceptors (Lipinski definition) is 4. The SMILES string of the molecule is O=C(NCCOCCOCc1ccccc1)OCc1ccccc1. The van der Waals surface area contributed by atoms with Gasteiger partial charge in [-0.3, -0.25) is 0 Å². The van der Waals surface area contributed by atoms with Gasteiger partial charge in [0, 0.05) is 6.54 Å². The first-order chi connectivity index (χ1) is 11.8. The van der Waals surface area contributed by atoms with Gasteiger partial charge in [-0.2, -0.15) is 0 Å². The molecule has 1 amide bonds. The third kappa shape index (κ3) is 7.76. The largest absolute Gasteiger partial charge is 0.445 e.